The van der Waals surface area contributed by atoms with Crippen molar-refractivity contribution in [3.8, 4) is 0 Å². The van der Waals surface area contributed by atoms with Crippen molar-refractivity contribution in [1.82, 2.24) is 0 Å². The summed E-state index contributed by atoms with van der Waals surface area (Å²) >= 11 is 0. The molecule has 1 atom stereocenters. The molecule has 0 radical (unpaired) electrons. The largest absolute Gasteiger partial charge is 0.538 e. The predicted octanol–water partition coefficient (Wildman–Crippen LogP) is 2.50. The summed E-state index contributed by atoms with van der Waals surface area (Å²) in [7, 11) is 1.99. The number of hydrogen-bond acceptors (Lipinski definition) is 4. The topological polar surface area (TPSA) is 36.9 Å². The third kappa shape index (κ3) is 2.37. The Labute approximate surface area is 116 Å². The highest BCUT2D eigenvalue weighted by atomic mass is 28.4. The first-order chi connectivity index (χ1) is 9.24. The van der Waals surface area contributed by atoms with E-state index >= 15 is 0 Å². The van der Waals surface area contributed by atoms with Crippen LogP contribution in [0.15, 0.2) is 30.3 Å². The number of rotatable bonds is 5. The summed E-state index contributed by atoms with van der Waals surface area (Å²) in [6, 6.07) is 10.1. The quantitative estimate of drug-likeness (QED) is 0.778. The molecule has 4 nitrogen and oxygen atoms in total. The Bertz CT molecular complexity index is 377. The van der Waals surface area contributed by atoms with Gasteiger partial charge in [-0.25, -0.2) is 0 Å². The zero-order valence-electron chi connectivity index (χ0n) is 11.8. The lowest BCUT2D eigenvalue weighted by Gasteiger charge is -2.45. The summed E-state index contributed by atoms with van der Waals surface area (Å²) in [6.45, 7) is 0.708. The van der Waals surface area contributed by atoms with E-state index < -0.39 is 14.0 Å². The SMILES string of the molecule is CO[Si](OC)(OC)C1(c2ccccc2)CCCCO1. The maximum atomic E-state index is 6.18. The molecule has 1 aliphatic heterocycles. The third-order valence-corrected chi connectivity index (χ3v) is 7.10. The molecule has 1 aliphatic rings. The fraction of sp³-hybridized carbons (Fsp3) is 0.571. The van der Waals surface area contributed by atoms with Crippen molar-refractivity contribution in [2.45, 2.75) is 24.5 Å². The van der Waals surface area contributed by atoms with Crippen LogP contribution in [0.2, 0.25) is 0 Å². The maximum absolute atomic E-state index is 6.18. The summed E-state index contributed by atoms with van der Waals surface area (Å²) in [4.78, 5) is 0. The second-order valence-electron chi connectivity index (χ2n) is 4.67. The number of ether oxygens (including phenoxy) is 1. The van der Waals surface area contributed by atoms with E-state index in [1.807, 2.05) is 18.2 Å². The molecule has 1 fully saturated rings. The van der Waals surface area contributed by atoms with Gasteiger partial charge in [0.1, 0.15) is 0 Å². The fourth-order valence-electron chi connectivity index (χ4n) is 2.89. The highest BCUT2D eigenvalue weighted by molar-refractivity contribution is 6.63. The van der Waals surface area contributed by atoms with Crippen molar-refractivity contribution < 1.29 is 18.0 Å². The highest BCUT2D eigenvalue weighted by Crippen LogP contribution is 2.43. The monoisotopic (exact) mass is 282 g/mol. The van der Waals surface area contributed by atoms with Gasteiger partial charge in [0.2, 0.25) is 0 Å². The third-order valence-electron chi connectivity index (χ3n) is 3.81. The van der Waals surface area contributed by atoms with E-state index in [2.05, 4.69) is 12.1 Å². The van der Waals surface area contributed by atoms with Gasteiger partial charge in [0, 0.05) is 27.9 Å². The molecular formula is C14H22O4Si. The Balaban J connectivity index is 2.51. The average molecular weight is 282 g/mol. The highest BCUT2D eigenvalue weighted by Gasteiger charge is 2.62. The molecule has 1 aromatic rings. The van der Waals surface area contributed by atoms with Crippen LogP contribution in [0, 0.1) is 0 Å². The van der Waals surface area contributed by atoms with E-state index in [0.29, 0.717) is 6.61 Å². The molecule has 0 amide bonds. The zero-order chi connectivity index (χ0) is 13.8. The molecule has 19 heavy (non-hydrogen) atoms. The normalized spacial score (nSPS) is 24.4. The predicted molar refractivity (Wildman–Crippen MR) is 74.7 cm³/mol. The molecule has 1 aromatic carbocycles. The lowest BCUT2D eigenvalue weighted by atomic mass is 10.0. The van der Waals surface area contributed by atoms with Crippen LogP contribution in [-0.2, 0) is 23.2 Å². The van der Waals surface area contributed by atoms with Crippen LogP contribution in [0.25, 0.3) is 0 Å². The van der Waals surface area contributed by atoms with Gasteiger partial charge in [0.05, 0.1) is 0 Å². The molecule has 0 bridgehead atoms. The van der Waals surface area contributed by atoms with Crippen LogP contribution >= 0.6 is 0 Å². The van der Waals surface area contributed by atoms with Crippen LogP contribution in [0.5, 0.6) is 0 Å². The Morgan fingerprint density at radius 3 is 2.11 bits per heavy atom. The minimum absolute atomic E-state index is 0.592. The van der Waals surface area contributed by atoms with Crippen LogP contribution in [-0.4, -0.2) is 36.7 Å². The lowest BCUT2D eigenvalue weighted by Crippen LogP contribution is -2.64. The second-order valence-corrected chi connectivity index (χ2v) is 7.81. The van der Waals surface area contributed by atoms with Gasteiger partial charge in [-0.2, -0.15) is 0 Å². The van der Waals surface area contributed by atoms with Crippen LogP contribution in [0.3, 0.4) is 0 Å². The molecule has 0 N–H and O–H groups in total. The molecule has 2 rings (SSSR count). The van der Waals surface area contributed by atoms with Gasteiger partial charge >= 0.3 is 8.80 Å². The van der Waals surface area contributed by atoms with E-state index in [-0.39, 0.29) is 0 Å². The molecule has 1 saturated heterocycles. The summed E-state index contributed by atoms with van der Waals surface area (Å²) < 4.78 is 23.3. The average Bonchev–Trinajstić information content (AvgIpc) is 2.51. The summed E-state index contributed by atoms with van der Waals surface area (Å²) in [5.74, 6) is 0. The van der Waals surface area contributed by atoms with E-state index in [4.69, 9.17) is 18.0 Å². The first-order valence-corrected chi connectivity index (χ1v) is 8.32. The van der Waals surface area contributed by atoms with Crippen molar-refractivity contribution in [3.63, 3.8) is 0 Å². The molecule has 106 valence electrons. The van der Waals surface area contributed by atoms with Gasteiger partial charge in [0.25, 0.3) is 0 Å². The first-order valence-electron chi connectivity index (χ1n) is 6.59. The van der Waals surface area contributed by atoms with E-state index in [1.165, 1.54) is 0 Å². The minimum Gasteiger partial charge on any atom is -0.375 e. The molecular weight excluding hydrogens is 260 g/mol. The Kier molecular flexibility index (Phi) is 4.75. The molecule has 1 unspecified atom stereocenters. The van der Waals surface area contributed by atoms with Crippen molar-refractivity contribution in [1.29, 1.82) is 0 Å². The van der Waals surface area contributed by atoms with E-state index in [9.17, 15) is 0 Å². The van der Waals surface area contributed by atoms with Crippen molar-refractivity contribution in [3.05, 3.63) is 35.9 Å². The number of hydrogen-bond donors (Lipinski definition) is 0. The van der Waals surface area contributed by atoms with Gasteiger partial charge in [0.15, 0.2) is 5.22 Å². The van der Waals surface area contributed by atoms with Crippen LogP contribution in [0.4, 0.5) is 0 Å². The van der Waals surface area contributed by atoms with E-state index in [1.54, 1.807) is 21.3 Å². The lowest BCUT2D eigenvalue weighted by molar-refractivity contribution is -0.0873. The zero-order valence-corrected chi connectivity index (χ0v) is 12.8. The van der Waals surface area contributed by atoms with Crippen molar-refractivity contribution in [2.75, 3.05) is 27.9 Å². The molecule has 5 heteroatoms. The summed E-state index contributed by atoms with van der Waals surface area (Å²) in [5, 5.41) is -0.592. The maximum Gasteiger partial charge on any atom is 0.538 e. The smallest absolute Gasteiger partial charge is 0.375 e. The molecule has 0 spiro atoms. The molecule has 0 saturated carbocycles. The van der Waals surface area contributed by atoms with Gasteiger partial charge in [-0.1, -0.05) is 30.3 Å². The standard InChI is InChI=1S/C14H22O4Si/c1-15-19(16-2,17-3)14(11-7-8-12-18-14)13-9-5-4-6-10-13/h4-6,9-10H,7-8,11-12H2,1-3H3. The van der Waals surface area contributed by atoms with Gasteiger partial charge in [-0.3, -0.25) is 0 Å². The van der Waals surface area contributed by atoms with Gasteiger partial charge in [-0.05, 0) is 24.8 Å². The first kappa shape index (κ1) is 14.7. The second kappa shape index (κ2) is 6.15. The Morgan fingerprint density at radius 1 is 1.00 bits per heavy atom. The van der Waals surface area contributed by atoms with Crippen LogP contribution < -0.4 is 0 Å². The Hall–Kier alpha value is -0.723. The Morgan fingerprint density at radius 2 is 1.63 bits per heavy atom. The summed E-state index contributed by atoms with van der Waals surface area (Å²) in [5.41, 5.74) is 1.08. The summed E-state index contributed by atoms with van der Waals surface area (Å²) in [6.07, 6.45) is 3.01. The molecule has 0 aromatic heterocycles. The van der Waals surface area contributed by atoms with Crippen molar-refractivity contribution in [2.24, 2.45) is 0 Å². The van der Waals surface area contributed by atoms with Gasteiger partial charge < -0.3 is 18.0 Å². The molecule has 1 heterocycles. The molecule has 0 aliphatic carbocycles. The van der Waals surface area contributed by atoms with Gasteiger partial charge in [-0.15, -0.1) is 0 Å². The van der Waals surface area contributed by atoms with Crippen LogP contribution in [0.1, 0.15) is 24.8 Å². The number of benzene rings is 1. The van der Waals surface area contributed by atoms with E-state index in [0.717, 1.165) is 24.8 Å². The fourth-order valence-corrected chi connectivity index (χ4v) is 5.66. The minimum atomic E-state index is -2.93. The van der Waals surface area contributed by atoms with Crippen molar-refractivity contribution >= 4 is 8.80 Å².